The summed E-state index contributed by atoms with van der Waals surface area (Å²) in [6.07, 6.45) is 1.88. The van der Waals surface area contributed by atoms with Crippen LogP contribution in [0.25, 0.3) is 0 Å². The first kappa shape index (κ1) is 16.9. The van der Waals surface area contributed by atoms with Crippen molar-refractivity contribution in [3.05, 3.63) is 47.4 Å². The zero-order valence-electron chi connectivity index (χ0n) is 14.0. The number of hydrogen-bond donors (Lipinski definition) is 1. The van der Waals surface area contributed by atoms with E-state index in [1.807, 2.05) is 18.2 Å². The number of benzene rings is 1. The molecule has 0 atom stereocenters. The van der Waals surface area contributed by atoms with Crippen molar-refractivity contribution in [3.8, 4) is 11.5 Å². The molecule has 1 fully saturated rings. The van der Waals surface area contributed by atoms with Crippen LogP contribution < -0.4 is 9.47 Å². The SMILES string of the molecule is COc1cc(CC2CN(C(=O)c3cc(C(=O)O)co3)C2)cc(OC)c1. The number of hydrogen-bond acceptors (Lipinski definition) is 5. The van der Waals surface area contributed by atoms with Gasteiger partial charge in [0.2, 0.25) is 0 Å². The summed E-state index contributed by atoms with van der Waals surface area (Å²) < 4.78 is 15.6. The summed E-state index contributed by atoms with van der Waals surface area (Å²) in [7, 11) is 3.22. The predicted octanol–water partition coefficient (Wildman–Crippen LogP) is 2.31. The molecular weight excluding hydrogens is 326 g/mol. The minimum Gasteiger partial charge on any atom is -0.497 e. The van der Waals surface area contributed by atoms with Crippen molar-refractivity contribution in [1.82, 2.24) is 4.90 Å². The molecule has 1 saturated heterocycles. The Morgan fingerprint density at radius 3 is 2.32 bits per heavy atom. The summed E-state index contributed by atoms with van der Waals surface area (Å²) in [5.74, 6) is 0.452. The van der Waals surface area contributed by atoms with Crippen LogP contribution in [0.15, 0.2) is 34.9 Å². The number of carboxylic acids is 1. The highest BCUT2D eigenvalue weighted by atomic mass is 16.5. The van der Waals surface area contributed by atoms with Gasteiger partial charge in [0.05, 0.1) is 19.8 Å². The molecular formula is C18H19NO6. The molecule has 0 bridgehead atoms. The van der Waals surface area contributed by atoms with Crippen molar-refractivity contribution < 1.29 is 28.6 Å². The fourth-order valence-corrected chi connectivity index (χ4v) is 2.90. The average molecular weight is 345 g/mol. The Hall–Kier alpha value is -2.96. The third kappa shape index (κ3) is 3.60. The molecule has 0 spiro atoms. The summed E-state index contributed by atoms with van der Waals surface area (Å²) in [4.78, 5) is 24.8. The van der Waals surface area contributed by atoms with Gasteiger partial charge in [0, 0.05) is 25.2 Å². The molecule has 1 aromatic carbocycles. The van der Waals surface area contributed by atoms with Gasteiger partial charge in [0.25, 0.3) is 5.91 Å². The van der Waals surface area contributed by atoms with Gasteiger partial charge in [-0.15, -0.1) is 0 Å². The Morgan fingerprint density at radius 2 is 1.80 bits per heavy atom. The van der Waals surface area contributed by atoms with Gasteiger partial charge in [-0.2, -0.15) is 0 Å². The highest BCUT2D eigenvalue weighted by Gasteiger charge is 2.33. The van der Waals surface area contributed by atoms with E-state index in [0.717, 1.165) is 29.7 Å². The molecule has 1 aliphatic heterocycles. The smallest absolute Gasteiger partial charge is 0.338 e. The number of likely N-dealkylation sites (tertiary alicyclic amines) is 1. The number of aromatic carboxylic acids is 1. The van der Waals surface area contributed by atoms with Crippen molar-refractivity contribution in [2.75, 3.05) is 27.3 Å². The van der Waals surface area contributed by atoms with Crippen molar-refractivity contribution in [3.63, 3.8) is 0 Å². The van der Waals surface area contributed by atoms with Gasteiger partial charge in [0.1, 0.15) is 17.8 Å². The van der Waals surface area contributed by atoms with Crippen LogP contribution in [0.2, 0.25) is 0 Å². The third-order valence-corrected chi connectivity index (χ3v) is 4.24. The molecule has 1 aliphatic rings. The summed E-state index contributed by atoms with van der Waals surface area (Å²) in [6.45, 7) is 1.20. The van der Waals surface area contributed by atoms with Gasteiger partial charge < -0.3 is 23.9 Å². The summed E-state index contributed by atoms with van der Waals surface area (Å²) in [5, 5.41) is 8.88. The highest BCUT2D eigenvalue weighted by Crippen LogP contribution is 2.28. The lowest BCUT2D eigenvalue weighted by Crippen LogP contribution is -2.50. The van der Waals surface area contributed by atoms with Crippen LogP contribution in [0.3, 0.4) is 0 Å². The average Bonchev–Trinajstić information content (AvgIpc) is 3.07. The number of amides is 1. The van der Waals surface area contributed by atoms with Gasteiger partial charge in [-0.1, -0.05) is 0 Å². The molecule has 0 unspecified atom stereocenters. The molecule has 2 heterocycles. The van der Waals surface area contributed by atoms with Crippen LogP contribution in [0.1, 0.15) is 26.5 Å². The van der Waals surface area contributed by atoms with Crippen LogP contribution in [0, 0.1) is 5.92 Å². The molecule has 7 heteroatoms. The van der Waals surface area contributed by atoms with Crippen molar-refractivity contribution in [1.29, 1.82) is 0 Å². The van der Waals surface area contributed by atoms with E-state index in [0.29, 0.717) is 19.0 Å². The lowest BCUT2D eigenvalue weighted by atomic mass is 9.91. The quantitative estimate of drug-likeness (QED) is 0.864. The Balaban J connectivity index is 1.59. The molecule has 0 radical (unpaired) electrons. The van der Waals surface area contributed by atoms with E-state index in [1.165, 1.54) is 6.07 Å². The van der Waals surface area contributed by atoms with Crippen molar-refractivity contribution in [2.24, 2.45) is 5.92 Å². The number of carboxylic acid groups (broad SMARTS) is 1. The van der Waals surface area contributed by atoms with Crippen LogP contribution in [-0.2, 0) is 6.42 Å². The number of ether oxygens (including phenoxy) is 2. The summed E-state index contributed by atoms with van der Waals surface area (Å²) in [5.41, 5.74) is 1.06. The molecule has 25 heavy (non-hydrogen) atoms. The van der Waals surface area contributed by atoms with E-state index >= 15 is 0 Å². The Bertz CT molecular complexity index is 768. The number of methoxy groups -OCH3 is 2. The largest absolute Gasteiger partial charge is 0.497 e. The first-order valence-corrected chi connectivity index (χ1v) is 7.83. The first-order valence-electron chi connectivity index (χ1n) is 7.83. The second-order valence-electron chi connectivity index (χ2n) is 6.01. The van der Waals surface area contributed by atoms with E-state index < -0.39 is 5.97 Å². The molecule has 3 rings (SSSR count). The second kappa shape index (κ2) is 6.88. The van der Waals surface area contributed by atoms with E-state index in [4.69, 9.17) is 19.0 Å². The fraction of sp³-hybridized carbons (Fsp3) is 0.333. The lowest BCUT2D eigenvalue weighted by molar-refractivity contribution is 0.0469. The number of furan rings is 1. The Morgan fingerprint density at radius 1 is 1.16 bits per heavy atom. The van der Waals surface area contributed by atoms with Crippen LogP contribution in [-0.4, -0.2) is 49.2 Å². The molecule has 1 N–H and O–H groups in total. The van der Waals surface area contributed by atoms with E-state index in [2.05, 4.69) is 0 Å². The molecule has 2 aromatic rings. The zero-order valence-corrected chi connectivity index (χ0v) is 14.0. The standard InChI is InChI=1S/C18H19NO6/c1-23-14-4-11(5-15(7-14)24-2)3-12-8-19(9-12)17(20)16-6-13(10-25-16)18(21)22/h4-7,10,12H,3,8-9H2,1-2H3,(H,21,22). The van der Waals surface area contributed by atoms with E-state index in [1.54, 1.807) is 19.1 Å². The van der Waals surface area contributed by atoms with Crippen molar-refractivity contribution >= 4 is 11.9 Å². The number of nitrogens with zero attached hydrogens (tertiary/aromatic N) is 1. The molecule has 132 valence electrons. The monoisotopic (exact) mass is 345 g/mol. The lowest BCUT2D eigenvalue weighted by Gasteiger charge is -2.39. The minimum absolute atomic E-state index is 0.0242. The first-order chi connectivity index (χ1) is 12.0. The second-order valence-corrected chi connectivity index (χ2v) is 6.01. The molecule has 0 saturated carbocycles. The maximum atomic E-state index is 12.3. The minimum atomic E-state index is -1.11. The van der Waals surface area contributed by atoms with Gasteiger partial charge in [-0.05, 0) is 30.0 Å². The summed E-state index contributed by atoms with van der Waals surface area (Å²) in [6, 6.07) is 6.99. The zero-order chi connectivity index (χ0) is 18.0. The number of rotatable bonds is 6. The van der Waals surface area contributed by atoms with Gasteiger partial charge in [-0.3, -0.25) is 4.79 Å². The van der Waals surface area contributed by atoms with E-state index in [-0.39, 0.29) is 17.2 Å². The van der Waals surface area contributed by atoms with Gasteiger partial charge in [0.15, 0.2) is 5.76 Å². The van der Waals surface area contributed by atoms with Crippen molar-refractivity contribution in [2.45, 2.75) is 6.42 Å². The van der Waals surface area contributed by atoms with Gasteiger partial charge >= 0.3 is 5.97 Å². The molecule has 7 nitrogen and oxygen atoms in total. The number of carbonyl (C=O) groups excluding carboxylic acids is 1. The number of carbonyl (C=O) groups is 2. The maximum Gasteiger partial charge on any atom is 0.338 e. The Kier molecular flexibility index (Phi) is 4.65. The van der Waals surface area contributed by atoms with Gasteiger partial charge in [-0.25, -0.2) is 4.79 Å². The van der Waals surface area contributed by atoms with Crippen LogP contribution >= 0.6 is 0 Å². The van der Waals surface area contributed by atoms with Crippen LogP contribution in [0.4, 0.5) is 0 Å². The van der Waals surface area contributed by atoms with E-state index in [9.17, 15) is 9.59 Å². The summed E-state index contributed by atoms with van der Waals surface area (Å²) >= 11 is 0. The molecule has 0 aliphatic carbocycles. The highest BCUT2D eigenvalue weighted by molar-refractivity contribution is 5.95. The molecule has 1 aromatic heterocycles. The topological polar surface area (TPSA) is 89.2 Å². The fourth-order valence-electron chi connectivity index (χ4n) is 2.90. The predicted molar refractivity (Wildman–Crippen MR) is 88.3 cm³/mol. The third-order valence-electron chi connectivity index (χ3n) is 4.24. The van der Waals surface area contributed by atoms with Crippen LogP contribution in [0.5, 0.6) is 11.5 Å². The maximum absolute atomic E-state index is 12.3. The normalized spacial score (nSPS) is 14.1. The Labute approximate surface area is 144 Å². The molecule has 1 amide bonds.